The lowest BCUT2D eigenvalue weighted by Crippen LogP contribution is -2.45. The van der Waals surface area contributed by atoms with E-state index in [2.05, 4.69) is 5.32 Å². The minimum Gasteiger partial charge on any atom is -0.342 e. The quantitative estimate of drug-likeness (QED) is 0.642. The fourth-order valence-electron chi connectivity index (χ4n) is 2.01. The summed E-state index contributed by atoms with van der Waals surface area (Å²) in [4.78, 5) is 13.8. The number of nitrogens with one attached hydrogen (secondary N) is 1. The molecule has 0 radical (unpaired) electrons. The number of rotatable bonds is 8. The molecule has 16 heavy (non-hydrogen) atoms. The Labute approximate surface area is 99.6 Å². The van der Waals surface area contributed by atoms with Crippen molar-refractivity contribution in [2.24, 2.45) is 5.92 Å². The van der Waals surface area contributed by atoms with Crippen molar-refractivity contribution in [3.8, 4) is 0 Å². The Bertz CT molecular complexity index is 210. The maximum absolute atomic E-state index is 11.9. The summed E-state index contributed by atoms with van der Waals surface area (Å²) in [5, 5.41) is 3.32. The van der Waals surface area contributed by atoms with Gasteiger partial charge in [-0.05, 0) is 46.1 Å². The van der Waals surface area contributed by atoms with Gasteiger partial charge in [0.1, 0.15) is 0 Å². The van der Waals surface area contributed by atoms with Crippen LogP contribution in [0.4, 0.5) is 0 Å². The van der Waals surface area contributed by atoms with Gasteiger partial charge in [0.15, 0.2) is 0 Å². The van der Waals surface area contributed by atoms with Crippen molar-refractivity contribution in [3.63, 3.8) is 0 Å². The van der Waals surface area contributed by atoms with Crippen molar-refractivity contribution in [3.05, 3.63) is 0 Å². The zero-order valence-corrected chi connectivity index (χ0v) is 11.0. The molecule has 0 aromatic carbocycles. The average Bonchev–Trinajstić information content (AvgIpc) is 3.09. The minimum atomic E-state index is -0.0286. The van der Waals surface area contributed by atoms with Crippen LogP contribution in [0.1, 0.15) is 46.5 Å². The van der Waals surface area contributed by atoms with Crippen LogP contribution in [-0.4, -0.2) is 36.5 Å². The Morgan fingerprint density at radius 1 is 1.38 bits per heavy atom. The third kappa shape index (κ3) is 4.52. The smallest absolute Gasteiger partial charge is 0.239 e. The highest BCUT2D eigenvalue weighted by molar-refractivity contribution is 5.81. The Balaban J connectivity index is 2.11. The molecular formula is C13H26N2O. The molecule has 1 fully saturated rings. The first-order valence-corrected chi connectivity index (χ1v) is 6.71. The van der Waals surface area contributed by atoms with Gasteiger partial charge in [-0.2, -0.15) is 0 Å². The molecule has 0 spiro atoms. The number of amides is 1. The zero-order chi connectivity index (χ0) is 12.0. The molecule has 0 bridgehead atoms. The molecule has 0 heterocycles. The van der Waals surface area contributed by atoms with Crippen molar-refractivity contribution in [1.82, 2.24) is 10.2 Å². The monoisotopic (exact) mass is 226 g/mol. The molecule has 1 aliphatic rings. The topological polar surface area (TPSA) is 32.3 Å². The van der Waals surface area contributed by atoms with E-state index in [4.69, 9.17) is 0 Å². The van der Waals surface area contributed by atoms with Crippen LogP contribution in [0.5, 0.6) is 0 Å². The molecule has 0 saturated heterocycles. The van der Waals surface area contributed by atoms with Crippen molar-refractivity contribution >= 4 is 5.91 Å². The van der Waals surface area contributed by atoms with E-state index >= 15 is 0 Å². The fraction of sp³-hybridized carbons (Fsp3) is 0.923. The van der Waals surface area contributed by atoms with Crippen molar-refractivity contribution < 1.29 is 4.79 Å². The highest BCUT2D eigenvalue weighted by Crippen LogP contribution is 2.33. The van der Waals surface area contributed by atoms with Gasteiger partial charge in [-0.3, -0.25) is 4.79 Å². The summed E-state index contributed by atoms with van der Waals surface area (Å²) in [5.41, 5.74) is 0. The Hall–Kier alpha value is -0.570. The highest BCUT2D eigenvalue weighted by atomic mass is 16.2. The van der Waals surface area contributed by atoms with Crippen molar-refractivity contribution in [1.29, 1.82) is 0 Å². The van der Waals surface area contributed by atoms with E-state index in [9.17, 15) is 4.79 Å². The molecule has 0 aromatic rings. The van der Waals surface area contributed by atoms with Gasteiger partial charge < -0.3 is 10.2 Å². The summed E-state index contributed by atoms with van der Waals surface area (Å²) in [5.74, 6) is 1.23. The number of hydrogen-bond acceptors (Lipinski definition) is 2. The number of hydrogen-bond donors (Lipinski definition) is 1. The predicted molar refractivity (Wildman–Crippen MR) is 67.4 cm³/mol. The molecule has 94 valence electrons. The molecule has 0 aliphatic heterocycles. The standard InChI is InChI=1S/C13H26N2O/c1-4-15(5-2)13(16)11(3)14-10-6-7-12-8-9-12/h11-12,14H,4-10H2,1-3H3. The minimum absolute atomic E-state index is 0.0286. The molecule has 1 amide bonds. The summed E-state index contributed by atoms with van der Waals surface area (Å²) in [6, 6.07) is -0.0286. The van der Waals surface area contributed by atoms with E-state index in [0.29, 0.717) is 0 Å². The van der Waals surface area contributed by atoms with Crippen LogP contribution in [0, 0.1) is 5.92 Å². The van der Waals surface area contributed by atoms with E-state index in [0.717, 1.165) is 25.6 Å². The molecular weight excluding hydrogens is 200 g/mol. The van der Waals surface area contributed by atoms with E-state index in [1.54, 1.807) is 0 Å². The molecule has 1 aliphatic carbocycles. The lowest BCUT2D eigenvalue weighted by atomic mass is 10.2. The number of nitrogens with zero attached hydrogens (tertiary/aromatic N) is 1. The molecule has 1 unspecified atom stereocenters. The van der Waals surface area contributed by atoms with Gasteiger partial charge in [-0.15, -0.1) is 0 Å². The van der Waals surface area contributed by atoms with Gasteiger partial charge >= 0.3 is 0 Å². The van der Waals surface area contributed by atoms with Crippen LogP contribution in [0.25, 0.3) is 0 Å². The summed E-state index contributed by atoms with van der Waals surface area (Å²) >= 11 is 0. The number of likely N-dealkylation sites (N-methyl/N-ethyl adjacent to an activating group) is 1. The third-order valence-electron chi connectivity index (χ3n) is 3.38. The van der Waals surface area contributed by atoms with Crippen LogP contribution in [-0.2, 0) is 4.79 Å². The Kier molecular flexibility index (Phi) is 5.81. The molecule has 0 aromatic heterocycles. The maximum Gasteiger partial charge on any atom is 0.239 e. The van der Waals surface area contributed by atoms with Crippen LogP contribution in [0.15, 0.2) is 0 Å². The molecule has 1 N–H and O–H groups in total. The van der Waals surface area contributed by atoms with E-state index in [1.807, 2.05) is 25.7 Å². The highest BCUT2D eigenvalue weighted by Gasteiger charge is 2.21. The third-order valence-corrected chi connectivity index (χ3v) is 3.38. The SMILES string of the molecule is CCN(CC)C(=O)C(C)NCCCC1CC1. The van der Waals surface area contributed by atoms with E-state index < -0.39 is 0 Å². The lowest BCUT2D eigenvalue weighted by Gasteiger charge is -2.23. The first-order valence-electron chi connectivity index (χ1n) is 6.71. The van der Waals surface area contributed by atoms with Crippen molar-refractivity contribution in [2.45, 2.75) is 52.5 Å². The normalized spacial score (nSPS) is 17.2. The summed E-state index contributed by atoms with van der Waals surface area (Å²) in [6.07, 6.45) is 5.39. The van der Waals surface area contributed by atoms with Gasteiger partial charge in [-0.1, -0.05) is 12.8 Å². The van der Waals surface area contributed by atoms with E-state index in [1.165, 1.54) is 25.7 Å². The van der Waals surface area contributed by atoms with Gasteiger partial charge in [0.2, 0.25) is 5.91 Å². The second-order valence-corrected chi connectivity index (χ2v) is 4.77. The summed E-state index contributed by atoms with van der Waals surface area (Å²) in [6.45, 7) is 8.62. The fourth-order valence-corrected chi connectivity index (χ4v) is 2.01. The Morgan fingerprint density at radius 3 is 2.50 bits per heavy atom. The largest absolute Gasteiger partial charge is 0.342 e. The van der Waals surface area contributed by atoms with Crippen molar-refractivity contribution in [2.75, 3.05) is 19.6 Å². The van der Waals surface area contributed by atoms with Crippen LogP contribution in [0.2, 0.25) is 0 Å². The summed E-state index contributed by atoms with van der Waals surface area (Å²) in [7, 11) is 0. The average molecular weight is 226 g/mol. The van der Waals surface area contributed by atoms with Crippen LogP contribution < -0.4 is 5.32 Å². The first kappa shape index (κ1) is 13.5. The lowest BCUT2D eigenvalue weighted by molar-refractivity contribution is -0.132. The molecule has 1 atom stereocenters. The molecule has 3 nitrogen and oxygen atoms in total. The molecule has 3 heteroatoms. The van der Waals surface area contributed by atoms with Gasteiger partial charge in [0.05, 0.1) is 6.04 Å². The first-order chi connectivity index (χ1) is 7.69. The number of carbonyl (C=O) groups is 1. The molecule has 1 saturated carbocycles. The molecule has 1 rings (SSSR count). The summed E-state index contributed by atoms with van der Waals surface area (Å²) < 4.78 is 0. The van der Waals surface area contributed by atoms with Crippen LogP contribution >= 0.6 is 0 Å². The second-order valence-electron chi connectivity index (χ2n) is 4.77. The second kappa shape index (κ2) is 6.89. The Morgan fingerprint density at radius 2 is 2.00 bits per heavy atom. The van der Waals surface area contributed by atoms with Gasteiger partial charge in [-0.25, -0.2) is 0 Å². The van der Waals surface area contributed by atoms with Crippen LogP contribution in [0.3, 0.4) is 0 Å². The van der Waals surface area contributed by atoms with Gasteiger partial charge in [0, 0.05) is 13.1 Å². The van der Waals surface area contributed by atoms with E-state index in [-0.39, 0.29) is 11.9 Å². The number of carbonyl (C=O) groups excluding carboxylic acids is 1. The zero-order valence-electron chi connectivity index (χ0n) is 11.0. The maximum atomic E-state index is 11.9. The predicted octanol–water partition coefficient (Wildman–Crippen LogP) is 2.02. The van der Waals surface area contributed by atoms with Gasteiger partial charge in [0.25, 0.3) is 0 Å².